The van der Waals surface area contributed by atoms with Crippen LogP contribution in [-0.2, 0) is 19.1 Å². The second-order valence-electron chi connectivity index (χ2n) is 7.57. The molecule has 4 nitrogen and oxygen atoms in total. The number of alkyl halides is 3. The van der Waals surface area contributed by atoms with E-state index >= 15 is 0 Å². The number of hydrogen-bond donors (Lipinski definition) is 2. The molecule has 5 rings (SSSR count). The zero-order chi connectivity index (χ0) is 20.7. The Morgan fingerprint density at radius 3 is 2.50 bits per heavy atom. The van der Waals surface area contributed by atoms with E-state index in [0.29, 0.717) is 24.4 Å². The summed E-state index contributed by atoms with van der Waals surface area (Å²) >= 11 is 0. The van der Waals surface area contributed by atoms with E-state index in [4.69, 9.17) is 0 Å². The number of halogens is 3. The van der Waals surface area contributed by atoms with Crippen molar-refractivity contribution >= 4 is 11.4 Å². The SMILES string of the molecule is FC(F)(F)c1ccc(CNc2ccc(CC3=CC4NC4c4ncccc43)cn2)cc1. The average molecular weight is 408 g/mol. The Balaban J connectivity index is 1.22. The first kappa shape index (κ1) is 18.8. The third kappa shape index (κ3) is 3.80. The molecule has 0 radical (unpaired) electrons. The Kier molecular flexibility index (Phi) is 4.55. The number of rotatable bonds is 5. The average Bonchev–Trinajstić information content (AvgIpc) is 3.53. The zero-order valence-electron chi connectivity index (χ0n) is 15.9. The molecular weight excluding hydrogens is 389 g/mol. The van der Waals surface area contributed by atoms with Crippen LogP contribution >= 0.6 is 0 Å². The number of anilines is 1. The topological polar surface area (TPSA) is 59.8 Å². The minimum atomic E-state index is -4.32. The quantitative estimate of drug-likeness (QED) is 0.598. The van der Waals surface area contributed by atoms with Crippen LogP contribution in [0.1, 0.15) is 34.0 Å². The molecule has 1 aromatic carbocycles. The van der Waals surface area contributed by atoms with Crippen molar-refractivity contribution in [1.82, 2.24) is 15.3 Å². The number of fused-ring (bicyclic) bond motifs is 3. The number of nitrogens with zero attached hydrogens (tertiary/aromatic N) is 2. The molecule has 3 aromatic rings. The fourth-order valence-corrected chi connectivity index (χ4v) is 3.80. The molecule has 0 amide bonds. The minimum Gasteiger partial charge on any atom is -0.366 e. The van der Waals surface area contributed by atoms with E-state index in [1.807, 2.05) is 30.6 Å². The molecule has 152 valence electrons. The van der Waals surface area contributed by atoms with E-state index in [0.717, 1.165) is 35.4 Å². The van der Waals surface area contributed by atoms with Crippen LogP contribution in [0.5, 0.6) is 0 Å². The molecule has 0 saturated carbocycles. The lowest BCUT2D eigenvalue weighted by molar-refractivity contribution is -0.137. The van der Waals surface area contributed by atoms with Crippen molar-refractivity contribution in [2.75, 3.05) is 5.32 Å². The number of hydrogen-bond acceptors (Lipinski definition) is 4. The van der Waals surface area contributed by atoms with Crippen LogP contribution in [0.4, 0.5) is 19.0 Å². The first-order valence-corrected chi connectivity index (χ1v) is 9.74. The molecule has 1 aliphatic heterocycles. The van der Waals surface area contributed by atoms with Crippen molar-refractivity contribution < 1.29 is 13.2 Å². The molecule has 1 fully saturated rings. The van der Waals surface area contributed by atoms with E-state index in [9.17, 15) is 13.2 Å². The van der Waals surface area contributed by atoms with Crippen LogP contribution in [0, 0.1) is 0 Å². The van der Waals surface area contributed by atoms with Gasteiger partial charge in [0.05, 0.1) is 17.3 Å². The maximum absolute atomic E-state index is 12.6. The van der Waals surface area contributed by atoms with Gasteiger partial charge in [-0.3, -0.25) is 10.3 Å². The zero-order valence-corrected chi connectivity index (χ0v) is 15.9. The van der Waals surface area contributed by atoms with Gasteiger partial charge in [-0.15, -0.1) is 0 Å². The molecule has 30 heavy (non-hydrogen) atoms. The van der Waals surface area contributed by atoms with Gasteiger partial charge in [-0.05, 0) is 47.4 Å². The summed E-state index contributed by atoms with van der Waals surface area (Å²) in [5, 5.41) is 6.58. The highest BCUT2D eigenvalue weighted by molar-refractivity contribution is 5.74. The molecule has 2 aliphatic rings. The summed E-state index contributed by atoms with van der Waals surface area (Å²) in [7, 11) is 0. The first-order valence-electron chi connectivity index (χ1n) is 9.74. The van der Waals surface area contributed by atoms with Crippen LogP contribution in [-0.4, -0.2) is 16.0 Å². The Labute approximate surface area is 171 Å². The summed E-state index contributed by atoms with van der Waals surface area (Å²) in [4.78, 5) is 8.98. The second-order valence-corrected chi connectivity index (χ2v) is 7.57. The summed E-state index contributed by atoms with van der Waals surface area (Å²) in [6.45, 7) is 0.406. The smallest absolute Gasteiger partial charge is 0.366 e. The Morgan fingerprint density at radius 2 is 1.77 bits per heavy atom. The van der Waals surface area contributed by atoms with E-state index < -0.39 is 11.7 Å². The van der Waals surface area contributed by atoms with Crippen LogP contribution in [0.15, 0.2) is 67.0 Å². The molecule has 1 saturated heterocycles. The Morgan fingerprint density at radius 1 is 0.967 bits per heavy atom. The molecule has 3 heterocycles. The Hall–Kier alpha value is -3.19. The van der Waals surface area contributed by atoms with Gasteiger partial charge in [-0.2, -0.15) is 13.2 Å². The normalized spacial score (nSPS) is 19.5. The van der Waals surface area contributed by atoms with Crippen molar-refractivity contribution in [3.63, 3.8) is 0 Å². The lowest BCUT2D eigenvalue weighted by Crippen LogP contribution is -2.06. The number of aromatic nitrogens is 2. The number of benzene rings is 1. The maximum atomic E-state index is 12.6. The number of nitrogens with one attached hydrogen (secondary N) is 2. The molecule has 2 atom stereocenters. The molecule has 2 aromatic heterocycles. The third-order valence-corrected chi connectivity index (χ3v) is 5.46. The maximum Gasteiger partial charge on any atom is 0.416 e. The van der Waals surface area contributed by atoms with Crippen molar-refractivity contribution in [3.05, 3.63) is 94.9 Å². The van der Waals surface area contributed by atoms with Gasteiger partial charge in [-0.25, -0.2) is 4.98 Å². The monoisotopic (exact) mass is 408 g/mol. The van der Waals surface area contributed by atoms with Gasteiger partial charge >= 0.3 is 6.18 Å². The summed E-state index contributed by atoms with van der Waals surface area (Å²) in [6.07, 6.45) is 2.39. The second kappa shape index (κ2) is 7.25. The van der Waals surface area contributed by atoms with Gasteiger partial charge in [0.2, 0.25) is 0 Å². The van der Waals surface area contributed by atoms with Crippen LogP contribution < -0.4 is 10.6 Å². The van der Waals surface area contributed by atoms with Gasteiger partial charge in [0.15, 0.2) is 0 Å². The molecule has 0 spiro atoms. The van der Waals surface area contributed by atoms with Crippen molar-refractivity contribution in [2.24, 2.45) is 0 Å². The fraction of sp³-hybridized carbons (Fsp3) is 0.217. The predicted molar refractivity (Wildman–Crippen MR) is 109 cm³/mol. The lowest BCUT2D eigenvalue weighted by Gasteiger charge is -2.15. The predicted octanol–water partition coefficient (Wildman–Crippen LogP) is 4.76. The largest absolute Gasteiger partial charge is 0.416 e. The lowest BCUT2D eigenvalue weighted by atomic mass is 9.91. The molecule has 7 heteroatoms. The summed E-state index contributed by atoms with van der Waals surface area (Å²) in [5.74, 6) is 0.683. The number of allylic oxidation sites excluding steroid dienone is 1. The standard InChI is InChI=1S/C23H19F3N4/c24-23(25,26)17-6-3-14(4-7-17)12-28-20-8-5-15(13-29-20)10-16-11-19-22(30-19)21-18(16)2-1-9-27-21/h1-9,11,13,19,22,30H,10,12H2,(H,28,29). The molecule has 0 bridgehead atoms. The van der Waals surface area contributed by atoms with Crippen molar-refractivity contribution in [1.29, 1.82) is 0 Å². The highest BCUT2D eigenvalue weighted by Gasteiger charge is 2.42. The molecular formula is C23H19F3N4. The summed E-state index contributed by atoms with van der Waals surface area (Å²) < 4.78 is 37.9. The van der Waals surface area contributed by atoms with E-state index in [2.05, 4.69) is 32.7 Å². The third-order valence-electron chi connectivity index (χ3n) is 5.46. The van der Waals surface area contributed by atoms with Crippen LogP contribution in [0.25, 0.3) is 5.57 Å². The van der Waals surface area contributed by atoms with Gasteiger partial charge in [0, 0.05) is 30.5 Å². The highest BCUT2D eigenvalue weighted by Crippen LogP contribution is 2.41. The van der Waals surface area contributed by atoms with Gasteiger partial charge in [0.1, 0.15) is 5.82 Å². The van der Waals surface area contributed by atoms with Crippen LogP contribution in [0.3, 0.4) is 0 Å². The fourth-order valence-electron chi connectivity index (χ4n) is 3.80. The van der Waals surface area contributed by atoms with Crippen molar-refractivity contribution in [2.45, 2.75) is 31.2 Å². The minimum absolute atomic E-state index is 0.347. The van der Waals surface area contributed by atoms with Gasteiger partial charge < -0.3 is 5.32 Å². The van der Waals surface area contributed by atoms with Gasteiger partial charge in [0.25, 0.3) is 0 Å². The van der Waals surface area contributed by atoms with E-state index in [-0.39, 0.29) is 0 Å². The van der Waals surface area contributed by atoms with Crippen molar-refractivity contribution in [3.8, 4) is 0 Å². The summed E-state index contributed by atoms with van der Waals surface area (Å²) in [6, 6.07) is 13.8. The van der Waals surface area contributed by atoms with Crippen LogP contribution in [0.2, 0.25) is 0 Å². The Bertz CT molecular complexity index is 1090. The molecule has 2 unspecified atom stereocenters. The first-order chi connectivity index (χ1) is 14.5. The highest BCUT2D eigenvalue weighted by atomic mass is 19.4. The number of pyridine rings is 2. The molecule has 2 N–H and O–H groups in total. The molecule has 1 aliphatic carbocycles. The van der Waals surface area contributed by atoms with E-state index in [1.54, 1.807) is 0 Å². The van der Waals surface area contributed by atoms with E-state index in [1.165, 1.54) is 23.3 Å². The summed E-state index contributed by atoms with van der Waals surface area (Å²) in [5.41, 5.74) is 4.76. The van der Waals surface area contributed by atoms with Gasteiger partial charge in [-0.1, -0.05) is 30.3 Å².